The molecule has 1 heterocycles. The summed E-state index contributed by atoms with van der Waals surface area (Å²) in [5.41, 5.74) is 0.283. The van der Waals surface area contributed by atoms with Crippen LogP contribution < -0.4 is 5.32 Å². The molecule has 1 saturated heterocycles. The second kappa shape index (κ2) is 6.17. The van der Waals surface area contributed by atoms with Gasteiger partial charge in [0.25, 0.3) is 0 Å². The van der Waals surface area contributed by atoms with Gasteiger partial charge in [-0.05, 0) is 31.4 Å². The van der Waals surface area contributed by atoms with Gasteiger partial charge in [0, 0.05) is 25.2 Å². The van der Waals surface area contributed by atoms with E-state index in [0.717, 1.165) is 12.1 Å². The van der Waals surface area contributed by atoms with Gasteiger partial charge in [0.05, 0.1) is 12.2 Å². The number of nitrogens with one attached hydrogen (secondary N) is 1. The molecule has 0 saturated carbocycles. The second-order valence-corrected chi connectivity index (χ2v) is 5.39. The van der Waals surface area contributed by atoms with Gasteiger partial charge < -0.3 is 5.32 Å². The molecule has 1 aromatic rings. The number of piperidine rings is 1. The third-order valence-electron chi connectivity index (χ3n) is 3.60. The molecule has 0 aromatic heterocycles. The Morgan fingerprint density at radius 3 is 2.33 bits per heavy atom. The highest BCUT2D eigenvalue weighted by Gasteiger charge is 2.32. The van der Waals surface area contributed by atoms with Gasteiger partial charge in [-0.25, -0.2) is 8.78 Å². The van der Waals surface area contributed by atoms with Crippen molar-refractivity contribution >= 4 is 5.69 Å². The summed E-state index contributed by atoms with van der Waals surface area (Å²) < 4.78 is 63.9. The molecular formula is C14H17F5N2. The minimum atomic E-state index is -4.20. The van der Waals surface area contributed by atoms with E-state index in [2.05, 4.69) is 5.32 Å². The van der Waals surface area contributed by atoms with Crippen LogP contribution in [0.5, 0.6) is 0 Å². The number of halogens is 5. The Labute approximate surface area is 119 Å². The second-order valence-electron chi connectivity index (χ2n) is 5.39. The number of nitrogens with zero attached hydrogens (tertiary/aromatic N) is 1. The van der Waals surface area contributed by atoms with Crippen molar-refractivity contribution in [3.05, 3.63) is 29.3 Å². The Kier molecular flexibility index (Phi) is 4.70. The SMILES string of the molecule is Cc1cc(F)c(NC2CCN(CC(F)(F)F)CC2)cc1F. The fourth-order valence-corrected chi connectivity index (χ4v) is 2.47. The Hall–Kier alpha value is -1.37. The van der Waals surface area contributed by atoms with Crippen molar-refractivity contribution in [1.82, 2.24) is 4.90 Å². The van der Waals surface area contributed by atoms with Crippen LogP contribution in [0.2, 0.25) is 0 Å². The zero-order chi connectivity index (χ0) is 15.6. The summed E-state index contributed by atoms with van der Waals surface area (Å²) in [4.78, 5) is 1.32. The summed E-state index contributed by atoms with van der Waals surface area (Å²) in [7, 11) is 0. The third-order valence-corrected chi connectivity index (χ3v) is 3.60. The number of aryl methyl sites for hydroxylation is 1. The minimum absolute atomic E-state index is 0.0624. The fraction of sp³-hybridized carbons (Fsp3) is 0.571. The number of benzene rings is 1. The molecule has 1 aromatic carbocycles. The maximum absolute atomic E-state index is 13.7. The van der Waals surface area contributed by atoms with Gasteiger partial charge in [-0.3, -0.25) is 4.90 Å². The fourth-order valence-electron chi connectivity index (χ4n) is 2.47. The zero-order valence-electron chi connectivity index (χ0n) is 11.6. The normalized spacial score (nSPS) is 18.0. The average molecular weight is 308 g/mol. The molecule has 118 valence electrons. The van der Waals surface area contributed by atoms with Gasteiger partial charge in [-0.2, -0.15) is 13.2 Å². The molecule has 0 bridgehead atoms. The van der Waals surface area contributed by atoms with Crippen LogP contribution >= 0.6 is 0 Å². The third kappa shape index (κ3) is 4.56. The molecule has 0 atom stereocenters. The molecule has 2 nitrogen and oxygen atoms in total. The summed E-state index contributed by atoms with van der Waals surface area (Å²) in [5, 5.41) is 2.88. The Balaban J connectivity index is 1.91. The topological polar surface area (TPSA) is 15.3 Å². The van der Waals surface area contributed by atoms with Crippen LogP contribution in [-0.2, 0) is 0 Å². The molecule has 0 unspecified atom stereocenters. The molecule has 1 N–H and O–H groups in total. The van der Waals surface area contributed by atoms with Crippen molar-refractivity contribution in [2.75, 3.05) is 25.0 Å². The van der Waals surface area contributed by atoms with Gasteiger partial charge in [0.15, 0.2) is 0 Å². The summed E-state index contributed by atoms with van der Waals surface area (Å²) in [6, 6.07) is 2.05. The molecule has 1 aliphatic rings. The van der Waals surface area contributed by atoms with Crippen LogP contribution in [-0.4, -0.2) is 36.8 Å². The summed E-state index contributed by atoms with van der Waals surface area (Å²) in [6.07, 6.45) is -3.28. The highest BCUT2D eigenvalue weighted by atomic mass is 19.4. The lowest BCUT2D eigenvalue weighted by atomic mass is 10.0. The molecule has 21 heavy (non-hydrogen) atoms. The number of hydrogen-bond acceptors (Lipinski definition) is 2. The van der Waals surface area contributed by atoms with Crippen molar-refractivity contribution in [3.8, 4) is 0 Å². The number of likely N-dealkylation sites (tertiary alicyclic amines) is 1. The Bertz CT molecular complexity index is 493. The minimum Gasteiger partial charge on any atom is -0.380 e. The van der Waals surface area contributed by atoms with Crippen LogP contribution in [0.3, 0.4) is 0 Å². The van der Waals surface area contributed by atoms with Crippen molar-refractivity contribution in [2.45, 2.75) is 32.0 Å². The molecular weight excluding hydrogens is 291 g/mol. The monoisotopic (exact) mass is 308 g/mol. The van der Waals surface area contributed by atoms with Gasteiger partial charge in [0.2, 0.25) is 0 Å². The predicted octanol–water partition coefficient (Wildman–Crippen LogP) is 3.71. The lowest BCUT2D eigenvalue weighted by Gasteiger charge is -2.33. The first kappa shape index (κ1) is 16.0. The average Bonchev–Trinajstić information content (AvgIpc) is 2.36. The van der Waals surface area contributed by atoms with Crippen molar-refractivity contribution in [3.63, 3.8) is 0 Å². The van der Waals surface area contributed by atoms with Gasteiger partial charge in [0.1, 0.15) is 11.6 Å². The van der Waals surface area contributed by atoms with Crippen molar-refractivity contribution < 1.29 is 22.0 Å². The van der Waals surface area contributed by atoms with E-state index in [0.29, 0.717) is 12.8 Å². The van der Waals surface area contributed by atoms with E-state index in [-0.39, 0.29) is 30.4 Å². The van der Waals surface area contributed by atoms with Gasteiger partial charge in [-0.1, -0.05) is 0 Å². The first-order chi connectivity index (χ1) is 9.74. The van der Waals surface area contributed by atoms with Gasteiger partial charge >= 0.3 is 6.18 Å². The maximum atomic E-state index is 13.7. The number of rotatable bonds is 3. The quantitative estimate of drug-likeness (QED) is 0.856. The van der Waals surface area contributed by atoms with Crippen LogP contribution in [0.1, 0.15) is 18.4 Å². The summed E-state index contributed by atoms with van der Waals surface area (Å²) in [6.45, 7) is 1.12. The van der Waals surface area contributed by atoms with Crippen LogP contribution in [0, 0.1) is 18.6 Å². The smallest absolute Gasteiger partial charge is 0.380 e. The molecule has 2 rings (SSSR count). The summed E-state index contributed by atoms with van der Waals surface area (Å²) >= 11 is 0. The van der Waals surface area contributed by atoms with Crippen molar-refractivity contribution in [2.24, 2.45) is 0 Å². The lowest BCUT2D eigenvalue weighted by Crippen LogP contribution is -2.43. The van der Waals surface area contributed by atoms with Crippen molar-refractivity contribution in [1.29, 1.82) is 0 Å². The number of alkyl halides is 3. The number of anilines is 1. The largest absolute Gasteiger partial charge is 0.401 e. The molecule has 7 heteroatoms. The first-order valence-electron chi connectivity index (χ1n) is 6.76. The highest BCUT2D eigenvalue weighted by Crippen LogP contribution is 2.24. The van der Waals surface area contributed by atoms with Crippen LogP contribution in [0.4, 0.5) is 27.6 Å². The Morgan fingerprint density at radius 1 is 1.14 bits per heavy atom. The summed E-state index contributed by atoms with van der Waals surface area (Å²) in [5.74, 6) is -1.06. The molecule has 0 spiro atoms. The van der Waals surface area contributed by atoms with E-state index in [1.165, 1.54) is 11.8 Å². The van der Waals surface area contributed by atoms with E-state index in [1.807, 2.05) is 0 Å². The number of hydrogen-bond donors (Lipinski definition) is 1. The maximum Gasteiger partial charge on any atom is 0.401 e. The van der Waals surface area contributed by atoms with Crippen LogP contribution in [0.25, 0.3) is 0 Å². The predicted molar refractivity (Wildman–Crippen MR) is 70.2 cm³/mol. The van der Waals surface area contributed by atoms with Gasteiger partial charge in [-0.15, -0.1) is 0 Å². The zero-order valence-corrected chi connectivity index (χ0v) is 11.6. The van der Waals surface area contributed by atoms with E-state index >= 15 is 0 Å². The highest BCUT2D eigenvalue weighted by molar-refractivity contribution is 5.47. The van der Waals surface area contributed by atoms with Crippen LogP contribution in [0.15, 0.2) is 12.1 Å². The molecule has 1 aliphatic heterocycles. The van der Waals surface area contributed by atoms with E-state index < -0.39 is 24.4 Å². The standard InChI is InChI=1S/C14H17F5N2/c1-9-6-12(16)13(7-11(9)15)20-10-2-4-21(5-3-10)8-14(17,18)19/h6-7,10,20H,2-5,8H2,1H3. The lowest BCUT2D eigenvalue weighted by molar-refractivity contribution is -0.147. The van der Waals surface area contributed by atoms with E-state index in [9.17, 15) is 22.0 Å². The molecule has 0 aliphatic carbocycles. The molecule has 1 fully saturated rings. The first-order valence-corrected chi connectivity index (χ1v) is 6.76. The van der Waals surface area contributed by atoms with E-state index in [1.54, 1.807) is 0 Å². The van der Waals surface area contributed by atoms with E-state index in [4.69, 9.17) is 0 Å². The Morgan fingerprint density at radius 2 is 1.76 bits per heavy atom. The molecule has 0 amide bonds. The molecule has 0 radical (unpaired) electrons.